The van der Waals surface area contributed by atoms with Crippen molar-refractivity contribution in [2.45, 2.75) is 44.6 Å². The van der Waals surface area contributed by atoms with Crippen LogP contribution in [0.1, 0.15) is 69.9 Å². The van der Waals surface area contributed by atoms with Gasteiger partial charge in [-0.1, -0.05) is 61.7 Å². The predicted octanol–water partition coefficient (Wildman–Crippen LogP) is 4.04. The summed E-state index contributed by atoms with van der Waals surface area (Å²) in [5.74, 6) is -0.643. The zero-order chi connectivity index (χ0) is 19.2. The molecule has 0 radical (unpaired) electrons. The lowest BCUT2D eigenvalue weighted by Gasteiger charge is -2.27. The number of carbonyl (C=O) groups excluding carboxylic acids is 2. The van der Waals surface area contributed by atoms with E-state index in [9.17, 15) is 9.59 Å². The van der Waals surface area contributed by atoms with Crippen LogP contribution in [0, 0.1) is 0 Å². The first-order valence-corrected chi connectivity index (χ1v) is 9.44. The van der Waals surface area contributed by atoms with Gasteiger partial charge in [0.05, 0.1) is 24.8 Å². The van der Waals surface area contributed by atoms with Gasteiger partial charge in [0.1, 0.15) is 0 Å². The summed E-state index contributed by atoms with van der Waals surface area (Å²) < 4.78 is 0. The molecule has 0 saturated heterocycles. The lowest BCUT2D eigenvalue weighted by Crippen LogP contribution is -2.33. The predicted molar refractivity (Wildman–Crippen MR) is 104 cm³/mol. The van der Waals surface area contributed by atoms with Crippen molar-refractivity contribution in [2.75, 3.05) is 7.11 Å². The first-order valence-electron chi connectivity index (χ1n) is 9.44. The second kappa shape index (κ2) is 8.82. The van der Waals surface area contributed by atoms with E-state index >= 15 is 0 Å². The van der Waals surface area contributed by atoms with Crippen LogP contribution in [0.25, 0.3) is 0 Å². The number of hydrogen-bond acceptors (Lipinski definition) is 3. The number of hydrogen-bond donors (Lipinski definition) is 1. The van der Waals surface area contributed by atoms with Crippen LogP contribution in [0.15, 0.2) is 48.5 Å². The second-order valence-electron chi connectivity index (χ2n) is 6.98. The van der Waals surface area contributed by atoms with Gasteiger partial charge in [-0.15, -0.1) is 0 Å². The minimum absolute atomic E-state index is 0.262. The molecule has 2 aromatic rings. The molecular weight excluding hydrogens is 340 g/mol. The Morgan fingerprint density at radius 2 is 1.74 bits per heavy atom. The normalized spacial score (nSPS) is 14.7. The maximum Gasteiger partial charge on any atom is 0.278 e. The Balaban J connectivity index is 1.99. The maximum atomic E-state index is 13.4. The molecule has 5 heteroatoms. The maximum absolute atomic E-state index is 13.4. The largest absolute Gasteiger partial charge is 0.366 e. The fourth-order valence-electron chi connectivity index (χ4n) is 3.86. The van der Waals surface area contributed by atoms with E-state index in [4.69, 9.17) is 10.6 Å². The van der Waals surface area contributed by atoms with Crippen molar-refractivity contribution in [2.24, 2.45) is 5.73 Å². The minimum Gasteiger partial charge on any atom is -0.366 e. The number of amides is 2. The first kappa shape index (κ1) is 19.1. The highest BCUT2D eigenvalue weighted by atomic mass is 16.7. The lowest BCUT2D eigenvalue weighted by atomic mass is 9.80. The third-order valence-electron chi connectivity index (χ3n) is 5.24. The zero-order valence-corrected chi connectivity index (χ0v) is 15.7. The van der Waals surface area contributed by atoms with Gasteiger partial charge in [0.2, 0.25) is 5.91 Å². The molecule has 2 amide bonds. The Morgan fingerprint density at radius 3 is 2.37 bits per heavy atom. The van der Waals surface area contributed by atoms with Gasteiger partial charge in [-0.05, 0) is 36.0 Å². The fraction of sp³-hybridized carbons (Fsp3) is 0.364. The summed E-state index contributed by atoms with van der Waals surface area (Å²) in [6, 6.07) is 15.0. The number of hydroxylamine groups is 2. The molecule has 1 saturated carbocycles. The summed E-state index contributed by atoms with van der Waals surface area (Å²) in [4.78, 5) is 30.8. The molecule has 1 fully saturated rings. The molecule has 0 heterocycles. The van der Waals surface area contributed by atoms with Crippen LogP contribution < -0.4 is 5.73 Å². The standard InChI is InChI=1S/C22H26N2O3/c1-27-24(15-16-9-4-2-5-10-16)22(26)20-18(17-11-6-3-7-12-17)13-8-14-19(20)21(23)25/h2,4-5,8-10,13-14,17H,3,6-7,11-12,15H2,1H3,(H2,23,25). The van der Waals surface area contributed by atoms with Crippen LogP contribution >= 0.6 is 0 Å². The zero-order valence-electron chi connectivity index (χ0n) is 15.7. The molecule has 5 nitrogen and oxygen atoms in total. The molecule has 1 aliphatic carbocycles. The molecule has 27 heavy (non-hydrogen) atoms. The molecule has 2 aromatic carbocycles. The molecular formula is C22H26N2O3. The summed E-state index contributed by atoms with van der Waals surface area (Å²) in [5, 5.41) is 1.30. The highest BCUT2D eigenvalue weighted by Gasteiger charge is 2.28. The highest BCUT2D eigenvalue weighted by Crippen LogP contribution is 2.36. The Hall–Kier alpha value is -2.66. The SMILES string of the molecule is CON(Cc1ccccc1)C(=O)c1c(C(N)=O)cccc1C1CCCCC1. The van der Waals surface area contributed by atoms with Crippen molar-refractivity contribution in [3.8, 4) is 0 Å². The topological polar surface area (TPSA) is 72.6 Å². The number of nitrogens with two attached hydrogens (primary N) is 1. The van der Waals surface area contributed by atoms with Crippen molar-refractivity contribution in [3.63, 3.8) is 0 Å². The van der Waals surface area contributed by atoms with Crippen molar-refractivity contribution < 1.29 is 14.4 Å². The molecule has 142 valence electrons. The molecule has 1 aliphatic rings. The van der Waals surface area contributed by atoms with E-state index in [0.29, 0.717) is 12.1 Å². The van der Waals surface area contributed by atoms with E-state index in [0.717, 1.165) is 36.8 Å². The Kier molecular flexibility index (Phi) is 6.24. The number of benzene rings is 2. The molecule has 0 spiro atoms. The average molecular weight is 366 g/mol. The van der Waals surface area contributed by atoms with E-state index in [1.54, 1.807) is 6.07 Å². The van der Waals surface area contributed by atoms with E-state index in [1.165, 1.54) is 18.6 Å². The van der Waals surface area contributed by atoms with Crippen LogP contribution in [0.3, 0.4) is 0 Å². The van der Waals surface area contributed by atoms with Gasteiger partial charge in [-0.2, -0.15) is 0 Å². The third kappa shape index (κ3) is 4.37. The van der Waals surface area contributed by atoms with Crippen molar-refractivity contribution in [3.05, 3.63) is 70.8 Å². The Labute approximate surface area is 160 Å². The van der Waals surface area contributed by atoms with Crippen molar-refractivity contribution in [1.29, 1.82) is 0 Å². The van der Waals surface area contributed by atoms with E-state index in [2.05, 4.69) is 0 Å². The molecule has 0 aliphatic heterocycles. The van der Waals surface area contributed by atoms with Gasteiger partial charge in [0, 0.05) is 0 Å². The number of primary amides is 1. The highest BCUT2D eigenvalue weighted by molar-refractivity contribution is 6.07. The van der Waals surface area contributed by atoms with Crippen LogP contribution in [-0.2, 0) is 11.4 Å². The summed E-state index contributed by atoms with van der Waals surface area (Å²) in [7, 11) is 1.47. The molecule has 2 N–H and O–H groups in total. The van der Waals surface area contributed by atoms with E-state index in [1.807, 2.05) is 42.5 Å². The van der Waals surface area contributed by atoms with E-state index < -0.39 is 5.91 Å². The number of carbonyl (C=O) groups is 2. The molecule has 0 unspecified atom stereocenters. The monoisotopic (exact) mass is 366 g/mol. The van der Waals surface area contributed by atoms with Crippen LogP contribution in [-0.4, -0.2) is 24.0 Å². The second-order valence-corrected chi connectivity index (χ2v) is 6.98. The molecule has 3 rings (SSSR count). The van der Waals surface area contributed by atoms with Crippen molar-refractivity contribution in [1.82, 2.24) is 5.06 Å². The molecule has 0 atom stereocenters. The minimum atomic E-state index is -0.591. The summed E-state index contributed by atoms with van der Waals surface area (Å²) >= 11 is 0. The quantitative estimate of drug-likeness (QED) is 0.784. The Bertz CT molecular complexity index is 798. The summed E-state index contributed by atoms with van der Waals surface area (Å²) in [5.41, 5.74) is 8.10. The number of rotatable bonds is 6. The van der Waals surface area contributed by atoms with Crippen LogP contribution in [0.2, 0.25) is 0 Å². The van der Waals surface area contributed by atoms with Gasteiger partial charge >= 0.3 is 0 Å². The molecule has 0 aromatic heterocycles. The molecule has 0 bridgehead atoms. The third-order valence-corrected chi connectivity index (χ3v) is 5.24. The Morgan fingerprint density at radius 1 is 1.04 bits per heavy atom. The van der Waals surface area contributed by atoms with Gasteiger partial charge in [-0.3, -0.25) is 14.4 Å². The first-order chi connectivity index (χ1) is 13.1. The van der Waals surface area contributed by atoms with E-state index in [-0.39, 0.29) is 17.4 Å². The van der Waals surface area contributed by atoms with Gasteiger partial charge < -0.3 is 5.73 Å². The van der Waals surface area contributed by atoms with Gasteiger partial charge in [-0.25, -0.2) is 5.06 Å². The van der Waals surface area contributed by atoms with Crippen molar-refractivity contribution >= 4 is 11.8 Å². The van der Waals surface area contributed by atoms with Gasteiger partial charge in [0.15, 0.2) is 0 Å². The van der Waals surface area contributed by atoms with Crippen LogP contribution in [0.5, 0.6) is 0 Å². The van der Waals surface area contributed by atoms with Crippen LogP contribution in [0.4, 0.5) is 0 Å². The number of nitrogens with zero attached hydrogens (tertiary/aromatic N) is 1. The smallest absolute Gasteiger partial charge is 0.278 e. The van der Waals surface area contributed by atoms with Gasteiger partial charge in [0.25, 0.3) is 5.91 Å². The summed E-state index contributed by atoms with van der Waals surface area (Å²) in [6.07, 6.45) is 5.53. The fourth-order valence-corrected chi connectivity index (χ4v) is 3.86. The average Bonchev–Trinajstić information content (AvgIpc) is 2.72. The summed E-state index contributed by atoms with van der Waals surface area (Å²) in [6.45, 7) is 0.299. The lowest BCUT2D eigenvalue weighted by molar-refractivity contribution is -0.102.